The number of aromatic carboxylic acids is 1. The average Bonchev–Trinajstić information content (AvgIpc) is 3.32. The zero-order chi connectivity index (χ0) is 20.3. The van der Waals surface area contributed by atoms with Gasteiger partial charge in [-0.25, -0.2) is 13.6 Å². The molecule has 2 fully saturated rings. The van der Waals surface area contributed by atoms with Gasteiger partial charge in [-0.1, -0.05) is 0 Å². The number of nitrogen functional groups attached to an aromatic ring is 1. The van der Waals surface area contributed by atoms with Crippen LogP contribution in [0.5, 0.6) is 0 Å². The van der Waals surface area contributed by atoms with Gasteiger partial charge < -0.3 is 26.0 Å². The molecule has 2 unspecified atom stereocenters. The predicted octanol–water partition coefficient (Wildman–Crippen LogP) is 2.07. The van der Waals surface area contributed by atoms with E-state index in [4.69, 9.17) is 11.5 Å². The van der Waals surface area contributed by atoms with E-state index in [0.717, 1.165) is 6.07 Å². The van der Waals surface area contributed by atoms with Gasteiger partial charge in [0.15, 0.2) is 5.82 Å². The molecule has 9 heteroatoms. The Bertz CT molecular complexity index is 1050. The number of carboxylic acids is 1. The summed E-state index contributed by atoms with van der Waals surface area (Å²) in [5, 5.41) is 9.07. The van der Waals surface area contributed by atoms with E-state index in [1.54, 1.807) is 4.90 Å². The quantitative estimate of drug-likeness (QED) is 0.734. The van der Waals surface area contributed by atoms with E-state index in [1.165, 1.54) is 4.57 Å². The standard InChI is InChI=1S/C19H22F2N4O3/c1-8(22)9-4-5-24(7-9)16-12(20)6-11-15(14(16)21)25(10-2-3-10)18(23)13(17(11)26)19(27)28/h6,8-10H,2-5,7,22-23H2,1H3,(H,27,28). The highest BCUT2D eigenvalue weighted by Gasteiger charge is 2.35. The molecule has 150 valence electrons. The second-order valence-corrected chi connectivity index (χ2v) is 7.77. The van der Waals surface area contributed by atoms with Crippen LogP contribution in [-0.4, -0.2) is 34.8 Å². The highest BCUT2D eigenvalue weighted by molar-refractivity contribution is 5.99. The molecule has 28 heavy (non-hydrogen) atoms. The first-order chi connectivity index (χ1) is 13.2. The Balaban J connectivity index is 1.99. The van der Waals surface area contributed by atoms with Crippen molar-refractivity contribution in [3.8, 4) is 0 Å². The summed E-state index contributed by atoms with van der Waals surface area (Å²) in [6, 6.07) is 0.624. The third kappa shape index (κ3) is 2.72. The zero-order valence-corrected chi connectivity index (χ0v) is 15.4. The first kappa shape index (κ1) is 18.7. The molecule has 0 spiro atoms. The van der Waals surface area contributed by atoms with Crippen molar-refractivity contribution < 1.29 is 18.7 Å². The minimum Gasteiger partial charge on any atom is -0.477 e. The van der Waals surface area contributed by atoms with Crippen LogP contribution in [0.15, 0.2) is 10.9 Å². The van der Waals surface area contributed by atoms with E-state index in [-0.39, 0.29) is 40.4 Å². The average molecular weight is 392 g/mol. The van der Waals surface area contributed by atoms with Gasteiger partial charge in [0.25, 0.3) is 0 Å². The highest BCUT2D eigenvalue weighted by atomic mass is 19.1. The van der Waals surface area contributed by atoms with Crippen molar-refractivity contribution in [2.45, 2.75) is 38.3 Å². The van der Waals surface area contributed by atoms with Gasteiger partial charge in [0.1, 0.15) is 22.9 Å². The van der Waals surface area contributed by atoms with Crippen LogP contribution in [0.2, 0.25) is 0 Å². The number of fused-ring (bicyclic) bond motifs is 1. The molecular weight excluding hydrogens is 370 g/mol. The fourth-order valence-electron chi connectivity index (χ4n) is 4.13. The highest BCUT2D eigenvalue weighted by Crippen LogP contribution is 2.42. The number of nitrogens with zero attached hydrogens (tertiary/aromatic N) is 2. The second-order valence-electron chi connectivity index (χ2n) is 7.77. The Kier molecular flexibility index (Phi) is 4.29. The molecule has 2 heterocycles. The molecule has 1 saturated heterocycles. The Hall–Kier alpha value is -2.68. The van der Waals surface area contributed by atoms with Crippen molar-refractivity contribution in [3.63, 3.8) is 0 Å². The summed E-state index contributed by atoms with van der Waals surface area (Å²) in [5.41, 5.74) is 9.92. The monoisotopic (exact) mass is 392 g/mol. The van der Waals surface area contributed by atoms with Gasteiger partial charge in [-0.2, -0.15) is 0 Å². The van der Waals surface area contributed by atoms with Crippen molar-refractivity contribution in [1.82, 2.24) is 4.57 Å². The number of carboxylic acid groups (broad SMARTS) is 1. The summed E-state index contributed by atoms with van der Waals surface area (Å²) < 4.78 is 31.8. The minimum atomic E-state index is -1.51. The number of rotatable bonds is 4. The maximum absolute atomic E-state index is 15.6. The third-order valence-electron chi connectivity index (χ3n) is 5.81. The van der Waals surface area contributed by atoms with Crippen molar-refractivity contribution in [2.24, 2.45) is 11.7 Å². The van der Waals surface area contributed by atoms with Gasteiger partial charge in [0, 0.05) is 25.2 Å². The van der Waals surface area contributed by atoms with Crippen LogP contribution in [0.25, 0.3) is 10.9 Å². The number of hydrogen-bond acceptors (Lipinski definition) is 5. The fourth-order valence-corrected chi connectivity index (χ4v) is 4.13. The van der Waals surface area contributed by atoms with E-state index in [1.807, 2.05) is 6.92 Å². The van der Waals surface area contributed by atoms with Gasteiger partial charge in [-0.05, 0) is 38.2 Å². The minimum absolute atomic E-state index is 0.102. The Morgan fingerprint density at radius 1 is 1.32 bits per heavy atom. The van der Waals surface area contributed by atoms with Gasteiger partial charge in [0.2, 0.25) is 5.43 Å². The molecule has 5 N–H and O–H groups in total. The molecule has 1 aromatic carbocycles. The topological polar surface area (TPSA) is 115 Å². The van der Waals surface area contributed by atoms with Crippen LogP contribution >= 0.6 is 0 Å². The lowest BCUT2D eigenvalue weighted by molar-refractivity contribution is 0.0696. The molecule has 2 atom stereocenters. The second kappa shape index (κ2) is 6.44. The molecule has 1 aliphatic heterocycles. The van der Waals surface area contributed by atoms with Crippen LogP contribution in [0, 0.1) is 17.6 Å². The molecule has 1 aromatic heterocycles. The fraction of sp³-hybridized carbons (Fsp3) is 0.474. The van der Waals surface area contributed by atoms with E-state index < -0.39 is 28.6 Å². The summed E-state index contributed by atoms with van der Waals surface area (Å²) in [5.74, 6) is -3.47. The maximum atomic E-state index is 15.6. The van der Waals surface area contributed by atoms with Gasteiger partial charge in [0.05, 0.1) is 10.9 Å². The summed E-state index contributed by atoms with van der Waals surface area (Å²) in [7, 11) is 0. The molecule has 0 amide bonds. The zero-order valence-electron chi connectivity index (χ0n) is 15.4. The summed E-state index contributed by atoms with van der Waals surface area (Å²) in [6.45, 7) is 2.72. The number of hydrogen-bond donors (Lipinski definition) is 3. The SMILES string of the molecule is CC(N)C1CCN(c2c(F)cc3c(=O)c(C(=O)O)c(N)n(C4CC4)c3c2F)C1. The molecule has 4 rings (SSSR count). The van der Waals surface area contributed by atoms with Crippen molar-refractivity contribution >= 4 is 28.4 Å². The summed E-state index contributed by atoms with van der Waals surface area (Å²) >= 11 is 0. The van der Waals surface area contributed by atoms with Crippen molar-refractivity contribution in [1.29, 1.82) is 0 Å². The van der Waals surface area contributed by atoms with E-state index >= 15 is 4.39 Å². The number of carbonyl (C=O) groups is 1. The first-order valence-electron chi connectivity index (χ1n) is 9.31. The lowest BCUT2D eigenvalue weighted by atomic mass is 10.0. The number of pyridine rings is 1. The molecule has 0 bridgehead atoms. The lowest BCUT2D eigenvalue weighted by Gasteiger charge is -2.24. The van der Waals surface area contributed by atoms with Crippen LogP contribution in [-0.2, 0) is 0 Å². The number of benzene rings is 1. The molecule has 1 saturated carbocycles. The number of nitrogens with two attached hydrogens (primary N) is 2. The molecule has 7 nitrogen and oxygen atoms in total. The van der Waals surface area contributed by atoms with Gasteiger partial charge in [-0.15, -0.1) is 0 Å². The van der Waals surface area contributed by atoms with Crippen molar-refractivity contribution in [3.05, 3.63) is 33.5 Å². The van der Waals surface area contributed by atoms with Crippen LogP contribution in [0.4, 0.5) is 20.3 Å². The van der Waals surface area contributed by atoms with Crippen molar-refractivity contribution in [2.75, 3.05) is 23.7 Å². The Morgan fingerprint density at radius 2 is 2.00 bits per heavy atom. The van der Waals surface area contributed by atoms with Crippen LogP contribution in [0.1, 0.15) is 42.6 Å². The molecule has 2 aliphatic rings. The lowest BCUT2D eigenvalue weighted by Crippen LogP contribution is -2.31. The van der Waals surface area contributed by atoms with E-state index in [0.29, 0.717) is 32.4 Å². The maximum Gasteiger partial charge on any atom is 0.343 e. The largest absolute Gasteiger partial charge is 0.477 e. The van der Waals surface area contributed by atoms with Crippen LogP contribution in [0.3, 0.4) is 0 Å². The molecule has 1 aliphatic carbocycles. The van der Waals surface area contributed by atoms with Gasteiger partial charge in [-0.3, -0.25) is 4.79 Å². The molecule has 0 radical (unpaired) electrons. The molecule has 2 aromatic rings. The summed E-state index contributed by atoms with van der Waals surface area (Å²) in [6.07, 6.45) is 2.08. The van der Waals surface area contributed by atoms with E-state index in [2.05, 4.69) is 0 Å². The normalized spacial score (nSPS) is 20.7. The smallest absolute Gasteiger partial charge is 0.343 e. The Labute approximate surface area is 159 Å². The number of aromatic nitrogens is 1. The van der Waals surface area contributed by atoms with Crippen LogP contribution < -0.4 is 21.8 Å². The number of halogens is 2. The first-order valence-corrected chi connectivity index (χ1v) is 9.31. The van der Waals surface area contributed by atoms with E-state index in [9.17, 15) is 19.1 Å². The number of anilines is 2. The summed E-state index contributed by atoms with van der Waals surface area (Å²) in [4.78, 5) is 25.8. The van der Waals surface area contributed by atoms with Gasteiger partial charge >= 0.3 is 5.97 Å². The molecular formula is C19H22F2N4O3. The Morgan fingerprint density at radius 3 is 2.54 bits per heavy atom. The third-order valence-corrected chi connectivity index (χ3v) is 5.81. The predicted molar refractivity (Wildman–Crippen MR) is 102 cm³/mol.